The Hall–Kier alpha value is -0.540. The van der Waals surface area contributed by atoms with Crippen molar-refractivity contribution in [2.24, 2.45) is 5.92 Å². The molecule has 1 fully saturated rings. The number of fused-ring (bicyclic) bond motifs is 1. The highest BCUT2D eigenvalue weighted by Gasteiger charge is 2.23. The molecule has 0 bridgehead atoms. The Morgan fingerprint density at radius 1 is 1.47 bits per heavy atom. The summed E-state index contributed by atoms with van der Waals surface area (Å²) in [4.78, 5) is 0. The second-order valence-electron chi connectivity index (χ2n) is 5.26. The first kappa shape index (κ1) is 11.5. The summed E-state index contributed by atoms with van der Waals surface area (Å²) in [6.45, 7) is 4.48. The molecule has 0 spiro atoms. The molecule has 2 nitrogen and oxygen atoms in total. The minimum Gasteiger partial charge on any atom is -0.489 e. The van der Waals surface area contributed by atoms with E-state index in [1.54, 1.807) is 0 Å². The van der Waals surface area contributed by atoms with Crippen molar-refractivity contribution in [1.29, 1.82) is 0 Å². The Morgan fingerprint density at radius 2 is 2.35 bits per heavy atom. The quantitative estimate of drug-likeness (QED) is 0.906. The lowest BCUT2D eigenvalue weighted by atomic mass is 9.96. The zero-order valence-corrected chi connectivity index (χ0v) is 11.7. The fraction of sp³-hybridized carbons (Fsp3) is 0.571. The van der Waals surface area contributed by atoms with E-state index >= 15 is 0 Å². The Morgan fingerprint density at radius 3 is 3.12 bits per heavy atom. The van der Waals surface area contributed by atoms with Crippen LogP contribution in [0.5, 0.6) is 5.75 Å². The number of hydrogen-bond acceptors (Lipinski definition) is 2. The first-order chi connectivity index (χ1) is 8.22. The summed E-state index contributed by atoms with van der Waals surface area (Å²) in [5.74, 6) is 1.87. The third-order valence-electron chi connectivity index (χ3n) is 3.69. The van der Waals surface area contributed by atoms with Gasteiger partial charge in [0.15, 0.2) is 0 Å². The monoisotopic (exact) mass is 295 g/mol. The Bertz CT molecular complexity index is 426. The Labute approximate surface area is 111 Å². The predicted molar refractivity (Wildman–Crippen MR) is 72.6 cm³/mol. The molecule has 92 valence electrons. The van der Waals surface area contributed by atoms with E-state index in [9.17, 15) is 0 Å². The molecule has 2 aliphatic rings. The van der Waals surface area contributed by atoms with Gasteiger partial charge in [0.2, 0.25) is 0 Å². The molecule has 1 aromatic carbocycles. The SMILES string of the molecule is CC1Cc2cc(CC3CCNC3)cc(Br)c2O1. The molecule has 2 unspecified atom stereocenters. The van der Waals surface area contributed by atoms with Crippen molar-refractivity contribution < 1.29 is 4.74 Å². The fourth-order valence-electron chi connectivity index (χ4n) is 2.89. The lowest BCUT2D eigenvalue weighted by Gasteiger charge is -2.11. The predicted octanol–water partition coefficient (Wildman–Crippen LogP) is 2.92. The number of benzene rings is 1. The van der Waals surface area contributed by atoms with E-state index in [1.165, 1.54) is 37.1 Å². The number of halogens is 1. The lowest BCUT2D eigenvalue weighted by Crippen LogP contribution is -2.10. The van der Waals surface area contributed by atoms with Crippen LogP contribution >= 0.6 is 15.9 Å². The van der Waals surface area contributed by atoms with Gasteiger partial charge in [-0.3, -0.25) is 0 Å². The van der Waals surface area contributed by atoms with E-state index in [4.69, 9.17) is 4.74 Å². The van der Waals surface area contributed by atoms with Gasteiger partial charge in [-0.2, -0.15) is 0 Å². The van der Waals surface area contributed by atoms with Crippen molar-refractivity contribution in [3.8, 4) is 5.75 Å². The second-order valence-corrected chi connectivity index (χ2v) is 6.12. The molecular formula is C14H18BrNO. The largest absolute Gasteiger partial charge is 0.489 e. The van der Waals surface area contributed by atoms with E-state index in [0.29, 0.717) is 6.10 Å². The summed E-state index contributed by atoms with van der Waals surface area (Å²) >= 11 is 3.63. The van der Waals surface area contributed by atoms with Crippen LogP contribution in [0.1, 0.15) is 24.5 Å². The van der Waals surface area contributed by atoms with E-state index in [0.717, 1.165) is 22.6 Å². The van der Waals surface area contributed by atoms with Gasteiger partial charge in [0.1, 0.15) is 11.9 Å². The average Bonchev–Trinajstić information content (AvgIpc) is 2.87. The van der Waals surface area contributed by atoms with Crippen LogP contribution in [0.2, 0.25) is 0 Å². The maximum Gasteiger partial charge on any atom is 0.137 e. The molecule has 1 saturated heterocycles. The summed E-state index contributed by atoms with van der Waals surface area (Å²) in [7, 11) is 0. The molecule has 1 N–H and O–H groups in total. The summed E-state index contributed by atoms with van der Waals surface area (Å²) in [5, 5.41) is 3.43. The van der Waals surface area contributed by atoms with Crippen molar-refractivity contribution in [2.75, 3.05) is 13.1 Å². The third-order valence-corrected chi connectivity index (χ3v) is 4.28. The number of ether oxygens (including phenoxy) is 1. The average molecular weight is 296 g/mol. The molecule has 0 saturated carbocycles. The lowest BCUT2D eigenvalue weighted by molar-refractivity contribution is 0.253. The maximum absolute atomic E-state index is 5.80. The molecular weight excluding hydrogens is 278 g/mol. The van der Waals surface area contributed by atoms with Gasteiger partial charge in [0.05, 0.1) is 4.47 Å². The molecule has 17 heavy (non-hydrogen) atoms. The van der Waals surface area contributed by atoms with Gasteiger partial charge < -0.3 is 10.1 Å². The van der Waals surface area contributed by atoms with Crippen molar-refractivity contribution in [3.05, 3.63) is 27.7 Å². The Balaban J connectivity index is 1.82. The first-order valence-corrected chi connectivity index (χ1v) is 7.20. The number of rotatable bonds is 2. The van der Waals surface area contributed by atoms with Crippen molar-refractivity contribution >= 4 is 15.9 Å². The van der Waals surface area contributed by atoms with E-state index in [-0.39, 0.29) is 0 Å². The van der Waals surface area contributed by atoms with Crippen LogP contribution in [0, 0.1) is 5.92 Å². The van der Waals surface area contributed by atoms with Crippen LogP contribution < -0.4 is 10.1 Å². The zero-order valence-electron chi connectivity index (χ0n) is 10.1. The van der Waals surface area contributed by atoms with E-state index in [1.807, 2.05) is 0 Å². The van der Waals surface area contributed by atoms with Gasteiger partial charge in [-0.05, 0) is 71.9 Å². The molecule has 0 radical (unpaired) electrons. The zero-order chi connectivity index (χ0) is 11.8. The van der Waals surface area contributed by atoms with Gasteiger partial charge in [0, 0.05) is 6.42 Å². The molecule has 0 amide bonds. The molecule has 2 aliphatic heterocycles. The van der Waals surface area contributed by atoms with Crippen LogP contribution in [-0.4, -0.2) is 19.2 Å². The van der Waals surface area contributed by atoms with Crippen LogP contribution in [0.3, 0.4) is 0 Å². The maximum atomic E-state index is 5.80. The first-order valence-electron chi connectivity index (χ1n) is 6.41. The summed E-state index contributed by atoms with van der Waals surface area (Å²) < 4.78 is 6.93. The van der Waals surface area contributed by atoms with Crippen LogP contribution in [0.4, 0.5) is 0 Å². The second kappa shape index (κ2) is 4.62. The molecule has 2 atom stereocenters. The molecule has 0 aromatic heterocycles. The minimum atomic E-state index is 0.324. The summed E-state index contributed by atoms with van der Waals surface area (Å²) in [6.07, 6.45) is 3.87. The highest BCUT2D eigenvalue weighted by Crippen LogP contribution is 2.37. The van der Waals surface area contributed by atoms with Crippen LogP contribution in [0.15, 0.2) is 16.6 Å². The Kier molecular flexibility index (Phi) is 3.14. The fourth-order valence-corrected chi connectivity index (χ4v) is 3.53. The number of nitrogens with one attached hydrogen (secondary N) is 1. The van der Waals surface area contributed by atoms with Crippen LogP contribution in [0.25, 0.3) is 0 Å². The molecule has 1 aromatic rings. The molecule has 2 heterocycles. The smallest absolute Gasteiger partial charge is 0.137 e. The molecule has 0 aliphatic carbocycles. The van der Waals surface area contributed by atoms with Crippen LogP contribution in [-0.2, 0) is 12.8 Å². The van der Waals surface area contributed by atoms with Gasteiger partial charge >= 0.3 is 0 Å². The highest BCUT2D eigenvalue weighted by molar-refractivity contribution is 9.10. The number of hydrogen-bond donors (Lipinski definition) is 1. The van der Waals surface area contributed by atoms with Gasteiger partial charge in [0.25, 0.3) is 0 Å². The van der Waals surface area contributed by atoms with E-state index < -0.39 is 0 Å². The highest BCUT2D eigenvalue weighted by atomic mass is 79.9. The molecule has 3 heteroatoms. The van der Waals surface area contributed by atoms with E-state index in [2.05, 4.69) is 40.3 Å². The van der Waals surface area contributed by atoms with Gasteiger partial charge in [-0.15, -0.1) is 0 Å². The topological polar surface area (TPSA) is 21.3 Å². The van der Waals surface area contributed by atoms with Crippen molar-refractivity contribution in [3.63, 3.8) is 0 Å². The summed E-state index contributed by atoms with van der Waals surface area (Å²) in [5.41, 5.74) is 2.81. The molecule has 3 rings (SSSR count). The van der Waals surface area contributed by atoms with Crippen molar-refractivity contribution in [1.82, 2.24) is 5.32 Å². The van der Waals surface area contributed by atoms with Gasteiger partial charge in [-0.1, -0.05) is 6.07 Å². The third kappa shape index (κ3) is 2.36. The minimum absolute atomic E-state index is 0.324. The standard InChI is InChI=1S/C14H18BrNO/c1-9-4-12-6-11(5-10-2-3-16-8-10)7-13(15)14(12)17-9/h6-7,9-10,16H,2-5,8H2,1H3. The van der Waals surface area contributed by atoms with Gasteiger partial charge in [-0.25, -0.2) is 0 Å². The summed E-state index contributed by atoms with van der Waals surface area (Å²) in [6, 6.07) is 4.57. The normalized spacial score (nSPS) is 26.9. The van der Waals surface area contributed by atoms with Crippen molar-refractivity contribution in [2.45, 2.75) is 32.3 Å².